The number of rotatable bonds is 6. The molecule has 7 nitrogen and oxygen atoms in total. The van der Waals surface area contributed by atoms with E-state index in [2.05, 4.69) is 0 Å². The second-order valence-electron chi connectivity index (χ2n) is 7.09. The molecule has 1 heterocycles. The predicted octanol–water partition coefficient (Wildman–Crippen LogP) is 2.91. The van der Waals surface area contributed by atoms with E-state index in [1.165, 1.54) is 59.8 Å². The molecule has 0 aliphatic carbocycles. The number of methoxy groups -OCH3 is 2. The average molecular weight is 437 g/mol. The highest BCUT2D eigenvalue weighted by Gasteiger charge is 2.35. The maximum atomic E-state index is 13.2. The summed E-state index contributed by atoms with van der Waals surface area (Å²) in [5, 5.41) is 0. The fourth-order valence-corrected chi connectivity index (χ4v) is 5.09. The quantitative estimate of drug-likeness (QED) is 0.696. The molecule has 30 heavy (non-hydrogen) atoms. The summed E-state index contributed by atoms with van der Waals surface area (Å²) >= 11 is 0. The number of benzene rings is 2. The molecule has 0 unspecified atom stereocenters. The van der Waals surface area contributed by atoms with E-state index in [1.54, 1.807) is 13.1 Å². The van der Waals surface area contributed by atoms with Crippen LogP contribution in [0.5, 0.6) is 11.5 Å². The zero-order valence-electron chi connectivity index (χ0n) is 17.2. The third-order valence-corrected chi connectivity index (χ3v) is 7.13. The Morgan fingerprint density at radius 2 is 1.77 bits per heavy atom. The van der Waals surface area contributed by atoms with Crippen molar-refractivity contribution in [3.8, 4) is 11.5 Å². The van der Waals surface area contributed by atoms with Crippen molar-refractivity contribution in [1.29, 1.82) is 0 Å². The second-order valence-corrected chi connectivity index (χ2v) is 9.03. The number of hydrogen-bond donors (Lipinski definition) is 0. The molecule has 9 heteroatoms. The molecule has 2 aromatic carbocycles. The lowest BCUT2D eigenvalue weighted by Crippen LogP contribution is -2.45. The Bertz CT molecular complexity index is 1010. The Hall–Kier alpha value is -2.65. The van der Waals surface area contributed by atoms with Gasteiger partial charge < -0.3 is 14.4 Å². The first-order valence-electron chi connectivity index (χ1n) is 9.53. The number of ether oxygens (including phenoxy) is 2. The predicted molar refractivity (Wildman–Crippen MR) is 111 cm³/mol. The van der Waals surface area contributed by atoms with Crippen LogP contribution in [-0.2, 0) is 14.8 Å². The van der Waals surface area contributed by atoms with Crippen LogP contribution in [-0.4, -0.2) is 53.0 Å². The minimum absolute atomic E-state index is 0.0835. The van der Waals surface area contributed by atoms with Gasteiger partial charge in [0, 0.05) is 31.9 Å². The standard InChI is InChI=1S/C21H25FN2O5S/c1-23(17-8-6-16(22)7-9-17)21(25)15-5-4-12-24(14-15)30(26,27)18-10-11-19(28-2)20(13-18)29-3/h6-11,13,15H,4-5,12,14H2,1-3H3/t15-/m0/s1. The van der Waals surface area contributed by atoms with E-state index in [1.807, 2.05) is 0 Å². The summed E-state index contributed by atoms with van der Waals surface area (Å²) in [5.41, 5.74) is 0.557. The summed E-state index contributed by atoms with van der Waals surface area (Å²) in [6.07, 6.45) is 1.16. The summed E-state index contributed by atoms with van der Waals surface area (Å²) in [4.78, 5) is 14.5. The molecule has 0 radical (unpaired) electrons. The van der Waals surface area contributed by atoms with E-state index in [-0.39, 0.29) is 23.2 Å². The molecule has 2 aromatic rings. The first-order valence-corrected chi connectivity index (χ1v) is 11.0. The zero-order chi connectivity index (χ0) is 21.9. The fourth-order valence-electron chi connectivity index (χ4n) is 3.55. The highest BCUT2D eigenvalue weighted by molar-refractivity contribution is 7.89. The van der Waals surface area contributed by atoms with Gasteiger partial charge in [-0.3, -0.25) is 4.79 Å². The molecule has 1 fully saturated rings. The van der Waals surface area contributed by atoms with E-state index in [9.17, 15) is 17.6 Å². The normalized spacial score (nSPS) is 17.4. The molecule has 3 rings (SSSR count). The molecule has 1 aliphatic rings. The second kappa shape index (κ2) is 9.01. The Morgan fingerprint density at radius 1 is 1.10 bits per heavy atom. The van der Waals surface area contributed by atoms with Crippen LogP contribution >= 0.6 is 0 Å². The lowest BCUT2D eigenvalue weighted by Gasteiger charge is -2.33. The van der Waals surface area contributed by atoms with Crippen LogP contribution in [0.1, 0.15) is 12.8 Å². The van der Waals surface area contributed by atoms with Crippen LogP contribution in [0.2, 0.25) is 0 Å². The molecule has 162 valence electrons. The van der Waals surface area contributed by atoms with Gasteiger partial charge in [-0.15, -0.1) is 0 Å². The number of halogens is 1. The molecule has 0 N–H and O–H groups in total. The maximum absolute atomic E-state index is 13.2. The van der Waals surface area contributed by atoms with Crippen molar-refractivity contribution in [2.24, 2.45) is 5.92 Å². The minimum atomic E-state index is -3.80. The van der Waals surface area contributed by atoms with Crippen molar-refractivity contribution >= 4 is 21.6 Å². The molecule has 1 aliphatic heterocycles. The Balaban J connectivity index is 1.79. The number of piperidine rings is 1. The topological polar surface area (TPSA) is 76.2 Å². The number of nitrogens with zero attached hydrogens (tertiary/aromatic N) is 2. The van der Waals surface area contributed by atoms with Crippen LogP contribution < -0.4 is 14.4 Å². The van der Waals surface area contributed by atoms with Gasteiger partial charge in [0.2, 0.25) is 15.9 Å². The fraction of sp³-hybridized carbons (Fsp3) is 0.381. The van der Waals surface area contributed by atoms with Gasteiger partial charge in [0.05, 0.1) is 25.0 Å². The summed E-state index contributed by atoms with van der Waals surface area (Å²) in [6, 6.07) is 10.0. The minimum Gasteiger partial charge on any atom is -0.493 e. The van der Waals surface area contributed by atoms with E-state index in [4.69, 9.17) is 9.47 Å². The lowest BCUT2D eigenvalue weighted by molar-refractivity contribution is -0.123. The molecule has 1 atom stereocenters. The monoisotopic (exact) mass is 436 g/mol. The molecule has 1 saturated heterocycles. The summed E-state index contributed by atoms with van der Waals surface area (Å²) in [6.45, 7) is 0.418. The van der Waals surface area contributed by atoms with Gasteiger partial charge in [0.25, 0.3) is 0 Å². The third-order valence-electron chi connectivity index (χ3n) is 5.27. The molecular formula is C21H25FN2O5S. The van der Waals surface area contributed by atoms with Gasteiger partial charge >= 0.3 is 0 Å². The van der Waals surface area contributed by atoms with Crippen LogP contribution in [0.3, 0.4) is 0 Å². The average Bonchev–Trinajstić information content (AvgIpc) is 2.78. The van der Waals surface area contributed by atoms with Crippen molar-refractivity contribution in [2.45, 2.75) is 17.7 Å². The smallest absolute Gasteiger partial charge is 0.243 e. The van der Waals surface area contributed by atoms with Crippen LogP contribution in [0.25, 0.3) is 0 Å². The van der Waals surface area contributed by atoms with E-state index < -0.39 is 15.9 Å². The maximum Gasteiger partial charge on any atom is 0.243 e. The van der Waals surface area contributed by atoms with Gasteiger partial charge in [0.15, 0.2) is 11.5 Å². The van der Waals surface area contributed by atoms with Crippen molar-refractivity contribution < 1.29 is 27.1 Å². The highest BCUT2D eigenvalue weighted by Crippen LogP contribution is 2.32. The number of anilines is 1. The SMILES string of the molecule is COc1ccc(S(=O)(=O)N2CCC[C@H](C(=O)N(C)c3ccc(F)cc3)C2)cc1OC. The Kier molecular flexibility index (Phi) is 6.62. The van der Waals surface area contributed by atoms with Gasteiger partial charge in [-0.05, 0) is 49.2 Å². The van der Waals surface area contributed by atoms with Gasteiger partial charge in [-0.2, -0.15) is 4.31 Å². The van der Waals surface area contributed by atoms with E-state index >= 15 is 0 Å². The number of amides is 1. The molecule has 0 saturated carbocycles. The first kappa shape index (κ1) is 22.0. The number of sulfonamides is 1. The largest absolute Gasteiger partial charge is 0.493 e. The molecule has 0 bridgehead atoms. The van der Waals surface area contributed by atoms with Crippen molar-refractivity contribution in [3.05, 3.63) is 48.3 Å². The third kappa shape index (κ3) is 4.41. The number of carbonyl (C=O) groups is 1. The van der Waals surface area contributed by atoms with E-state index in [0.29, 0.717) is 36.6 Å². The lowest BCUT2D eigenvalue weighted by atomic mass is 9.98. The van der Waals surface area contributed by atoms with Gasteiger partial charge in [0.1, 0.15) is 5.82 Å². The number of hydrogen-bond acceptors (Lipinski definition) is 5. The van der Waals surface area contributed by atoms with Crippen molar-refractivity contribution in [1.82, 2.24) is 4.31 Å². The zero-order valence-corrected chi connectivity index (χ0v) is 18.0. The highest BCUT2D eigenvalue weighted by atomic mass is 32.2. The Labute approximate surface area is 176 Å². The van der Waals surface area contributed by atoms with E-state index in [0.717, 1.165) is 0 Å². The van der Waals surface area contributed by atoms with Crippen LogP contribution in [0.15, 0.2) is 47.4 Å². The molecule has 1 amide bonds. The summed E-state index contributed by atoms with van der Waals surface area (Å²) in [7, 11) is 0.720. The summed E-state index contributed by atoms with van der Waals surface area (Å²) < 4.78 is 51.2. The van der Waals surface area contributed by atoms with Gasteiger partial charge in [-0.1, -0.05) is 0 Å². The summed E-state index contributed by atoms with van der Waals surface area (Å²) in [5.74, 6) is -0.315. The molecular weight excluding hydrogens is 411 g/mol. The van der Waals surface area contributed by atoms with Crippen molar-refractivity contribution in [3.63, 3.8) is 0 Å². The first-order chi connectivity index (χ1) is 14.3. The van der Waals surface area contributed by atoms with Crippen molar-refractivity contribution in [2.75, 3.05) is 39.3 Å². The van der Waals surface area contributed by atoms with Gasteiger partial charge in [-0.25, -0.2) is 12.8 Å². The number of carbonyl (C=O) groups excluding carboxylic acids is 1. The molecule has 0 aromatic heterocycles. The van der Waals surface area contributed by atoms with Crippen LogP contribution in [0, 0.1) is 11.7 Å². The molecule has 0 spiro atoms. The Morgan fingerprint density at radius 3 is 2.40 bits per heavy atom. The van der Waals surface area contributed by atoms with Crippen LogP contribution in [0.4, 0.5) is 10.1 Å².